The zero-order valence-electron chi connectivity index (χ0n) is 12.3. The molecule has 6 nitrogen and oxygen atoms in total. The fourth-order valence-corrected chi connectivity index (χ4v) is 4.29. The molecule has 2 atom stereocenters. The first-order valence-electron chi connectivity index (χ1n) is 7.20. The van der Waals surface area contributed by atoms with Crippen molar-refractivity contribution in [2.45, 2.75) is 24.0 Å². The van der Waals surface area contributed by atoms with Crippen LogP contribution in [0.1, 0.15) is 6.92 Å². The maximum atomic E-state index is 13.0. The third-order valence-corrected chi connectivity index (χ3v) is 5.82. The smallest absolute Gasteiger partial charge is 0.243 e. The fraction of sp³-hybridized carbons (Fsp3) is 0.400. The van der Waals surface area contributed by atoms with Gasteiger partial charge in [0, 0.05) is 42.3 Å². The summed E-state index contributed by atoms with van der Waals surface area (Å²) in [5.41, 5.74) is 5.85. The summed E-state index contributed by atoms with van der Waals surface area (Å²) in [6.07, 6.45) is 2.99. The van der Waals surface area contributed by atoms with Crippen molar-refractivity contribution in [2.75, 3.05) is 19.7 Å². The number of hydrogen-bond donors (Lipinski definition) is 1. The Bertz CT molecular complexity index is 771. The lowest BCUT2D eigenvalue weighted by Gasteiger charge is -2.34. The van der Waals surface area contributed by atoms with E-state index in [9.17, 15) is 8.42 Å². The van der Waals surface area contributed by atoms with E-state index in [0.29, 0.717) is 23.4 Å². The minimum absolute atomic E-state index is 0.213. The maximum Gasteiger partial charge on any atom is 0.243 e. The standard InChI is InChI=1S/C15H19N3O3S/c1-11(16)14-10-18(7-8-21-14)22(19,20)15-4-2-3-12-9-17-6-5-13(12)15/h2-6,9,11,14H,7-8,10,16H2,1H3/t11-,14-/m0/s1. The first-order chi connectivity index (χ1) is 10.5. The summed E-state index contributed by atoms with van der Waals surface area (Å²) in [5, 5.41) is 1.49. The Hall–Kier alpha value is -1.54. The molecule has 1 aromatic carbocycles. The lowest BCUT2D eigenvalue weighted by Crippen LogP contribution is -2.51. The molecule has 1 aliphatic heterocycles. The van der Waals surface area contributed by atoms with Gasteiger partial charge in [0.25, 0.3) is 0 Å². The lowest BCUT2D eigenvalue weighted by atomic mass is 10.2. The van der Waals surface area contributed by atoms with Gasteiger partial charge in [-0.05, 0) is 19.1 Å². The van der Waals surface area contributed by atoms with Crippen LogP contribution >= 0.6 is 0 Å². The first-order valence-corrected chi connectivity index (χ1v) is 8.64. The molecule has 0 amide bonds. The van der Waals surface area contributed by atoms with Gasteiger partial charge in [0.2, 0.25) is 10.0 Å². The van der Waals surface area contributed by atoms with Gasteiger partial charge in [-0.25, -0.2) is 8.42 Å². The minimum Gasteiger partial charge on any atom is -0.374 e. The number of rotatable bonds is 3. The Kier molecular flexibility index (Phi) is 4.14. The van der Waals surface area contributed by atoms with Crippen LogP contribution in [0.5, 0.6) is 0 Å². The van der Waals surface area contributed by atoms with Crippen molar-refractivity contribution >= 4 is 20.8 Å². The largest absolute Gasteiger partial charge is 0.374 e. The van der Waals surface area contributed by atoms with Gasteiger partial charge in [0.05, 0.1) is 17.6 Å². The summed E-state index contributed by atoms with van der Waals surface area (Å²) >= 11 is 0. The summed E-state index contributed by atoms with van der Waals surface area (Å²) in [4.78, 5) is 4.34. The molecule has 0 unspecified atom stereocenters. The van der Waals surface area contributed by atoms with Gasteiger partial charge < -0.3 is 10.5 Å². The fourth-order valence-electron chi connectivity index (χ4n) is 2.64. The Labute approximate surface area is 129 Å². The molecule has 1 saturated heterocycles. The van der Waals surface area contributed by atoms with Crippen LogP contribution in [0.25, 0.3) is 10.8 Å². The molecule has 7 heteroatoms. The van der Waals surface area contributed by atoms with E-state index in [1.165, 1.54) is 4.31 Å². The molecule has 22 heavy (non-hydrogen) atoms. The van der Waals surface area contributed by atoms with Crippen molar-refractivity contribution in [2.24, 2.45) is 5.73 Å². The highest BCUT2D eigenvalue weighted by Crippen LogP contribution is 2.26. The predicted molar refractivity (Wildman–Crippen MR) is 83.9 cm³/mol. The molecule has 0 bridgehead atoms. The summed E-state index contributed by atoms with van der Waals surface area (Å²) in [5.74, 6) is 0. The number of ether oxygens (including phenoxy) is 1. The SMILES string of the molecule is C[C@H](N)[C@@H]1CN(S(=O)(=O)c2cccc3cnccc23)CCO1. The molecule has 2 aromatic rings. The molecule has 2 heterocycles. The van der Waals surface area contributed by atoms with Crippen LogP contribution in [0.3, 0.4) is 0 Å². The van der Waals surface area contributed by atoms with E-state index in [-0.39, 0.29) is 18.7 Å². The second kappa shape index (κ2) is 5.92. The van der Waals surface area contributed by atoms with Crippen molar-refractivity contribution < 1.29 is 13.2 Å². The Morgan fingerprint density at radius 3 is 3.00 bits per heavy atom. The topological polar surface area (TPSA) is 85.5 Å². The number of aromatic nitrogens is 1. The Balaban J connectivity index is 2.01. The van der Waals surface area contributed by atoms with E-state index >= 15 is 0 Å². The van der Waals surface area contributed by atoms with Crippen LogP contribution in [0.4, 0.5) is 0 Å². The third kappa shape index (κ3) is 2.72. The number of nitrogens with zero attached hydrogens (tertiary/aromatic N) is 2. The number of fused-ring (bicyclic) bond motifs is 1. The van der Waals surface area contributed by atoms with Crippen LogP contribution in [-0.4, -0.2) is 49.5 Å². The van der Waals surface area contributed by atoms with Gasteiger partial charge in [-0.15, -0.1) is 0 Å². The highest BCUT2D eigenvalue weighted by atomic mass is 32.2. The van der Waals surface area contributed by atoms with Crippen LogP contribution in [-0.2, 0) is 14.8 Å². The molecule has 1 fully saturated rings. The average Bonchev–Trinajstić information content (AvgIpc) is 2.54. The summed E-state index contributed by atoms with van der Waals surface area (Å²) in [7, 11) is -3.59. The molecule has 0 aliphatic carbocycles. The van der Waals surface area contributed by atoms with Crippen LogP contribution in [0.2, 0.25) is 0 Å². The molecule has 0 spiro atoms. The summed E-state index contributed by atoms with van der Waals surface area (Å²) in [6, 6.07) is 6.74. The normalized spacial score (nSPS) is 21.8. The van der Waals surface area contributed by atoms with E-state index in [1.54, 1.807) is 30.6 Å². The molecule has 1 aromatic heterocycles. The van der Waals surface area contributed by atoms with Gasteiger partial charge in [-0.1, -0.05) is 12.1 Å². The molecule has 2 N–H and O–H groups in total. The van der Waals surface area contributed by atoms with Crippen LogP contribution in [0.15, 0.2) is 41.6 Å². The van der Waals surface area contributed by atoms with E-state index in [0.717, 1.165) is 5.39 Å². The second-order valence-electron chi connectivity index (χ2n) is 5.48. The first kappa shape index (κ1) is 15.4. The molecule has 3 rings (SSSR count). The van der Waals surface area contributed by atoms with E-state index < -0.39 is 10.0 Å². The van der Waals surface area contributed by atoms with Crippen molar-refractivity contribution in [3.8, 4) is 0 Å². The average molecular weight is 321 g/mol. The predicted octanol–water partition coefficient (Wildman–Crippen LogP) is 0.971. The molecular weight excluding hydrogens is 302 g/mol. The molecule has 1 aliphatic rings. The van der Waals surface area contributed by atoms with E-state index in [4.69, 9.17) is 10.5 Å². The van der Waals surface area contributed by atoms with Gasteiger partial charge in [0.15, 0.2) is 0 Å². The highest BCUT2D eigenvalue weighted by molar-refractivity contribution is 7.89. The third-order valence-electron chi connectivity index (χ3n) is 3.90. The van der Waals surface area contributed by atoms with E-state index in [1.807, 2.05) is 13.0 Å². The molecule has 0 radical (unpaired) electrons. The zero-order valence-corrected chi connectivity index (χ0v) is 13.2. The minimum atomic E-state index is -3.59. The number of nitrogens with two attached hydrogens (primary N) is 1. The van der Waals surface area contributed by atoms with Crippen molar-refractivity contribution in [3.63, 3.8) is 0 Å². The van der Waals surface area contributed by atoms with Crippen molar-refractivity contribution in [1.82, 2.24) is 9.29 Å². The van der Waals surface area contributed by atoms with Crippen LogP contribution in [0, 0.1) is 0 Å². The summed E-state index contributed by atoms with van der Waals surface area (Å²) in [6.45, 7) is 2.80. The Morgan fingerprint density at radius 2 is 2.23 bits per heavy atom. The maximum absolute atomic E-state index is 13.0. The number of pyridine rings is 1. The van der Waals surface area contributed by atoms with Gasteiger partial charge in [-0.3, -0.25) is 4.98 Å². The Morgan fingerprint density at radius 1 is 1.41 bits per heavy atom. The van der Waals surface area contributed by atoms with Crippen molar-refractivity contribution in [3.05, 3.63) is 36.7 Å². The highest BCUT2D eigenvalue weighted by Gasteiger charge is 2.33. The zero-order chi connectivity index (χ0) is 15.7. The van der Waals surface area contributed by atoms with Gasteiger partial charge >= 0.3 is 0 Å². The second-order valence-corrected chi connectivity index (χ2v) is 7.39. The molecule has 0 saturated carbocycles. The van der Waals surface area contributed by atoms with Gasteiger partial charge in [0.1, 0.15) is 0 Å². The number of morpholine rings is 1. The lowest BCUT2D eigenvalue weighted by molar-refractivity contribution is -0.0119. The monoisotopic (exact) mass is 321 g/mol. The molecule has 118 valence electrons. The van der Waals surface area contributed by atoms with Crippen molar-refractivity contribution in [1.29, 1.82) is 0 Å². The van der Waals surface area contributed by atoms with Gasteiger partial charge in [-0.2, -0.15) is 4.31 Å². The van der Waals surface area contributed by atoms with Crippen LogP contribution < -0.4 is 5.73 Å². The quantitative estimate of drug-likeness (QED) is 0.910. The summed E-state index contributed by atoms with van der Waals surface area (Å²) < 4.78 is 33.0. The van der Waals surface area contributed by atoms with E-state index in [2.05, 4.69) is 4.98 Å². The molecular formula is C15H19N3O3S. The number of hydrogen-bond acceptors (Lipinski definition) is 5. The number of benzene rings is 1. The number of sulfonamides is 1.